The largest absolute Gasteiger partial charge is 0.471 e. The lowest BCUT2D eigenvalue weighted by Crippen LogP contribution is -2.10. The molecule has 0 aliphatic heterocycles. The number of alkyl halides is 3. The van der Waals surface area contributed by atoms with Crippen LogP contribution in [0, 0.1) is 0 Å². The molecule has 0 saturated heterocycles. The molecule has 0 unspecified atom stereocenters. The van der Waals surface area contributed by atoms with E-state index in [9.17, 15) is 13.2 Å². The minimum atomic E-state index is -4.63. The molecule has 1 aromatic carbocycles. The van der Waals surface area contributed by atoms with Crippen LogP contribution in [0.2, 0.25) is 0 Å². The predicted octanol–water partition coefficient (Wildman–Crippen LogP) is 2.41. The molecule has 0 fully saturated rings. The Kier molecular flexibility index (Phi) is 3.82. The molecule has 0 aliphatic rings. The smallest absolute Gasteiger partial charge is 0.329 e. The molecule has 102 valence electrons. The van der Waals surface area contributed by atoms with E-state index in [0.717, 1.165) is 5.56 Å². The lowest BCUT2D eigenvalue weighted by molar-refractivity contribution is -0.159. The molecule has 0 spiro atoms. The average molecular weight is 273 g/mol. The molecule has 2 aromatic rings. The van der Waals surface area contributed by atoms with Crippen LogP contribution in [0.1, 0.15) is 11.5 Å². The van der Waals surface area contributed by atoms with E-state index in [2.05, 4.69) is 25.0 Å². The van der Waals surface area contributed by atoms with Crippen molar-refractivity contribution in [1.29, 1.82) is 0 Å². The van der Waals surface area contributed by atoms with E-state index in [1.807, 2.05) is 0 Å². The molecule has 0 atom stereocenters. The van der Waals surface area contributed by atoms with E-state index in [1.165, 1.54) is 7.11 Å². The van der Waals surface area contributed by atoms with Gasteiger partial charge < -0.3 is 9.36 Å². The first-order chi connectivity index (χ1) is 9.00. The van der Waals surface area contributed by atoms with Crippen molar-refractivity contribution in [3.05, 3.63) is 35.7 Å². The number of hydrogen-bond acceptors (Lipinski definition) is 5. The highest BCUT2D eigenvalue weighted by molar-refractivity contribution is 5.54. The first-order valence-electron chi connectivity index (χ1n) is 5.27. The van der Waals surface area contributed by atoms with Crippen LogP contribution < -0.4 is 5.48 Å². The van der Waals surface area contributed by atoms with Gasteiger partial charge in [0.25, 0.3) is 0 Å². The van der Waals surface area contributed by atoms with Crippen LogP contribution in [0.5, 0.6) is 0 Å². The molecule has 19 heavy (non-hydrogen) atoms. The summed E-state index contributed by atoms with van der Waals surface area (Å²) in [6.07, 6.45) is -4.63. The summed E-state index contributed by atoms with van der Waals surface area (Å²) in [7, 11) is 1.49. The van der Waals surface area contributed by atoms with Crippen LogP contribution in [-0.4, -0.2) is 17.3 Å². The van der Waals surface area contributed by atoms with Crippen molar-refractivity contribution in [3.63, 3.8) is 0 Å². The second-order valence-corrected chi connectivity index (χ2v) is 3.64. The fourth-order valence-corrected chi connectivity index (χ4v) is 1.38. The molecule has 1 aromatic heterocycles. The van der Waals surface area contributed by atoms with Gasteiger partial charge in [0.1, 0.15) is 0 Å². The van der Waals surface area contributed by atoms with Gasteiger partial charge in [-0.1, -0.05) is 29.4 Å². The van der Waals surface area contributed by atoms with E-state index in [1.54, 1.807) is 24.3 Å². The number of aromatic nitrogens is 2. The SMILES string of the molecule is CONCc1ccc(-c2noc(C(F)(F)F)n2)cc1. The second kappa shape index (κ2) is 5.37. The number of rotatable bonds is 4. The summed E-state index contributed by atoms with van der Waals surface area (Å²) in [5, 5.41) is 3.30. The van der Waals surface area contributed by atoms with Crippen LogP contribution in [0.15, 0.2) is 28.8 Å². The number of benzene rings is 1. The fraction of sp³-hybridized carbons (Fsp3) is 0.273. The van der Waals surface area contributed by atoms with Crippen molar-refractivity contribution in [3.8, 4) is 11.4 Å². The molecule has 1 heterocycles. The van der Waals surface area contributed by atoms with Gasteiger partial charge >= 0.3 is 12.1 Å². The topological polar surface area (TPSA) is 60.2 Å². The van der Waals surface area contributed by atoms with Crippen LogP contribution in [0.4, 0.5) is 13.2 Å². The van der Waals surface area contributed by atoms with Gasteiger partial charge in [-0.05, 0) is 5.56 Å². The average Bonchev–Trinajstić information content (AvgIpc) is 2.86. The standard InChI is InChI=1S/C11H10F3N3O2/c1-18-15-6-7-2-4-8(5-3-7)9-16-10(19-17-9)11(12,13)14/h2-5,15H,6H2,1H3. The molecule has 0 saturated carbocycles. The van der Waals surface area contributed by atoms with Crippen LogP contribution in [0.25, 0.3) is 11.4 Å². The zero-order chi connectivity index (χ0) is 13.9. The maximum Gasteiger partial charge on any atom is 0.471 e. The number of hydroxylamine groups is 1. The molecule has 8 heteroatoms. The highest BCUT2D eigenvalue weighted by Crippen LogP contribution is 2.29. The Labute approximate surface area is 106 Å². The van der Waals surface area contributed by atoms with Gasteiger partial charge in [0.05, 0.1) is 7.11 Å². The van der Waals surface area contributed by atoms with Gasteiger partial charge in [-0.25, -0.2) is 0 Å². The van der Waals surface area contributed by atoms with Crippen molar-refractivity contribution in [2.75, 3.05) is 7.11 Å². The van der Waals surface area contributed by atoms with Crippen molar-refractivity contribution in [2.24, 2.45) is 0 Å². The lowest BCUT2D eigenvalue weighted by atomic mass is 10.1. The third-order valence-electron chi connectivity index (χ3n) is 2.30. The van der Waals surface area contributed by atoms with E-state index in [4.69, 9.17) is 0 Å². The molecule has 0 aliphatic carbocycles. The summed E-state index contributed by atoms with van der Waals surface area (Å²) < 4.78 is 41.1. The monoisotopic (exact) mass is 273 g/mol. The zero-order valence-corrected chi connectivity index (χ0v) is 9.86. The van der Waals surface area contributed by atoms with Gasteiger partial charge in [-0.3, -0.25) is 0 Å². The second-order valence-electron chi connectivity index (χ2n) is 3.64. The minimum absolute atomic E-state index is 0.0985. The normalized spacial score (nSPS) is 11.8. The molecule has 2 rings (SSSR count). The van der Waals surface area contributed by atoms with Crippen molar-refractivity contribution in [2.45, 2.75) is 12.7 Å². The summed E-state index contributed by atoms with van der Waals surface area (Å²) >= 11 is 0. The lowest BCUT2D eigenvalue weighted by Gasteiger charge is -2.02. The van der Waals surface area contributed by atoms with Crippen LogP contribution in [-0.2, 0) is 17.6 Å². The Balaban J connectivity index is 2.16. The summed E-state index contributed by atoms with van der Waals surface area (Å²) in [5.74, 6) is -1.45. The molecule has 0 radical (unpaired) electrons. The van der Waals surface area contributed by atoms with Crippen LogP contribution in [0.3, 0.4) is 0 Å². The van der Waals surface area contributed by atoms with E-state index >= 15 is 0 Å². The molecule has 1 N–H and O–H groups in total. The van der Waals surface area contributed by atoms with Gasteiger partial charge in [-0.15, -0.1) is 0 Å². The molecule has 0 amide bonds. The van der Waals surface area contributed by atoms with Gasteiger partial charge in [-0.2, -0.15) is 23.6 Å². The summed E-state index contributed by atoms with van der Waals surface area (Å²) in [4.78, 5) is 7.99. The zero-order valence-electron chi connectivity index (χ0n) is 9.86. The Hall–Kier alpha value is -1.93. The Morgan fingerprint density at radius 3 is 2.47 bits per heavy atom. The highest BCUT2D eigenvalue weighted by Gasteiger charge is 2.38. The van der Waals surface area contributed by atoms with Crippen LogP contribution >= 0.6 is 0 Å². The number of nitrogens with one attached hydrogen (secondary N) is 1. The molecule has 0 bridgehead atoms. The Morgan fingerprint density at radius 1 is 1.26 bits per heavy atom. The molecular formula is C11H10F3N3O2. The minimum Gasteiger partial charge on any atom is -0.329 e. The number of hydrogen-bond donors (Lipinski definition) is 1. The van der Waals surface area contributed by atoms with E-state index in [0.29, 0.717) is 12.1 Å². The van der Waals surface area contributed by atoms with Crippen molar-refractivity contribution >= 4 is 0 Å². The first kappa shape index (κ1) is 13.5. The maximum atomic E-state index is 12.3. The third kappa shape index (κ3) is 3.30. The Bertz CT molecular complexity index is 537. The van der Waals surface area contributed by atoms with Gasteiger partial charge in [0, 0.05) is 12.1 Å². The van der Waals surface area contributed by atoms with Crippen molar-refractivity contribution in [1.82, 2.24) is 15.6 Å². The summed E-state index contributed by atoms with van der Waals surface area (Å²) in [5.41, 5.74) is 4.00. The van der Waals surface area contributed by atoms with Gasteiger partial charge in [0.2, 0.25) is 5.82 Å². The highest BCUT2D eigenvalue weighted by atomic mass is 19.4. The maximum absolute atomic E-state index is 12.3. The third-order valence-corrected chi connectivity index (χ3v) is 2.30. The summed E-state index contributed by atoms with van der Waals surface area (Å²) in [6.45, 7) is 0.483. The van der Waals surface area contributed by atoms with E-state index < -0.39 is 12.1 Å². The first-order valence-corrected chi connectivity index (χ1v) is 5.27. The number of nitrogens with zero attached hydrogens (tertiary/aromatic N) is 2. The van der Waals surface area contributed by atoms with E-state index in [-0.39, 0.29) is 5.82 Å². The fourth-order valence-electron chi connectivity index (χ4n) is 1.38. The quantitative estimate of drug-likeness (QED) is 0.867. The van der Waals surface area contributed by atoms with Gasteiger partial charge in [0.15, 0.2) is 0 Å². The molecular weight excluding hydrogens is 263 g/mol. The Morgan fingerprint density at radius 2 is 1.95 bits per heavy atom. The summed E-state index contributed by atoms with van der Waals surface area (Å²) in [6, 6.07) is 6.67. The predicted molar refractivity (Wildman–Crippen MR) is 58.6 cm³/mol. The molecule has 5 nitrogen and oxygen atoms in total. The van der Waals surface area contributed by atoms with Crippen molar-refractivity contribution < 1.29 is 22.5 Å². The number of halogens is 3.